The van der Waals surface area contributed by atoms with Gasteiger partial charge in [0.15, 0.2) is 0 Å². The maximum Gasteiger partial charge on any atom is 0.514 e. The quantitative estimate of drug-likeness (QED) is 0.782. The third-order valence-corrected chi connectivity index (χ3v) is 3.65. The average molecular weight is 277 g/mol. The fourth-order valence-corrected chi connectivity index (χ4v) is 1.74. The van der Waals surface area contributed by atoms with Gasteiger partial charge < -0.3 is 9.31 Å². The maximum absolute atomic E-state index is 8.25. The van der Waals surface area contributed by atoms with Crippen molar-refractivity contribution in [2.24, 2.45) is 0 Å². The molecule has 0 amide bonds. The molecule has 1 aliphatic heterocycles. The summed E-state index contributed by atoms with van der Waals surface area (Å²) in [5.41, 5.74) is -1.55. The van der Waals surface area contributed by atoms with E-state index in [2.05, 4.69) is 10.1 Å². The molecule has 2 aromatic heterocycles. The van der Waals surface area contributed by atoms with E-state index in [1.54, 1.807) is 0 Å². The van der Waals surface area contributed by atoms with E-state index in [-0.39, 0.29) is 17.3 Å². The molecule has 0 atom stereocenters. The molecule has 0 bridgehead atoms. The summed E-state index contributed by atoms with van der Waals surface area (Å²) in [6.45, 7) is 7.37. The Morgan fingerprint density at radius 3 is 2.50 bits per heavy atom. The van der Waals surface area contributed by atoms with Crippen LogP contribution >= 0.6 is 0 Å². The summed E-state index contributed by atoms with van der Waals surface area (Å²) in [7, 11) is -0.999. The highest BCUT2D eigenvalue weighted by Crippen LogP contribution is 2.36. The Morgan fingerprint density at radius 1 is 1.20 bits per heavy atom. The van der Waals surface area contributed by atoms with Crippen molar-refractivity contribution in [3.63, 3.8) is 0 Å². The Labute approximate surface area is 127 Å². The molecule has 3 rings (SSSR count). The van der Waals surface area contributed by atoms with Gasteiger partial charge in [-0.2, -0.15) is 5.10 Å². The maximum atomic E-state index is 8.25. The molecule has 0 radical (unpaired) electrons. The van der Waals surface area contributed by atoms with Crippen LogP contribution in [0.25, 0.3) is 5.69 Å². The molecular formula is C14H18BN3O2. The Balaban J connectivity index is 2.12. The minimum absolute atomic E-state index is 0.00159. The fraction of sp³-hybridized carbons (Fsp3) is 0.429. The SMILES string of the molecule is [2H]c1nn(-c2c([2H])nc(B3OC(C)(C)C(C)(C)O3)c([2H])c2[2H])c([2H])c1[2H]. The van der Waals surface area contributed by atoms with Crippen molar-refractivity contribution in [3.05, 3.63) is 36.6 Å². The highest BCUT2D eigenvalue weighted by atomic mass is 16.7. The topological polar surface area (TPSA) is 49.2 Å². The normalized spacial score (nSPS) is 24.5. The first-order chi connectivity index (χ1) is 11.9. The lowest BCUT2D eigenvalue weighted by Crippen LogP contribution is -2.41. The number of rotatable bonds is 2. The lowest BCUT2D eigenvalue weighted by Gasteiger charge is -2.32. The average Bonchev–Trinajstić information content (AvgIpc) is 2.90. The minimum Gasteiger partial charge on any atom is -0.398 e. The van der Waals surface area contributed by atoms with E-state index in [9.17, 15) is 0 Å². The molecule has 0 saturated carbocycles. The molecule has 20 heavy (non-hydrogen) atoms. The van der Waals surface area contributed by atoms with Gasteiger partial charge >= 0.3 is 7.12 Å². The van der Waals surface area contributed by atoms with Crippen LogP contribution in [0.2, 0.25) is 0 Å². The van der Waals surface area contributed by atoms with Crippen LogP contribution in [-0.2, 0) is 9.31 Å². The van der Waals surface area contributed by atoms with Gasteiger partial charge in [0, 0.05) is 12.3 Å². The van der Waals surface area contributed by atoms with E-state index in [1.165, 1.54) is 0 Å². The molecule has 0 aromatic carbocycles. The van der Waals surface area contributed by atoms with Gasteiger partial charge in [-0.15, -0.1) is 0 Å². The van der Waals surface area contributed by atoms with E-state index in [1.807, 2.05) is 27.7 Å². The standard InChI is InChI=1S/C14H18BN3O2/c1-13(2)14(3,4)20-15(19-13)12-7-6-11(10-16-12)18-9-5-8-17-18/h5-10H,1-4H3/i5D,6D,7D,8D,9D,10D. The molecule has 6 heteroatoms. The van der Waals surface area contributed by atoms with Crippen LogP contribution in [0, 0.1) is 0 Å². The van der Waals surface area contributed by atoms with E-state index in [0.29, 0.717) is 0 Å². The summed E-state index contributed by atoms with van der Waals surface area (Å²) in [5, 5.41) is 3.70. The molecule has 1 saturated heterocycles. The first-order valence-corrected chi connectivity index (χ1v) is 6.24. The number of nitrogens with zero attached hydrogens (tertiary/aromatic N) is 3. The van der Waals surface area contributed by atoms with Gasteiger partial charge in [-0.3, -0.25) is 4.98 Å². The van der Waals surface area contributed by atoms with Crippen LogP contribution in [0.1, 0.15) is 35.9 Å². The number of pyridine rings is 1. The van der Waals surface area contributed by atoms with Gasteiger partial charge in [0.2, 0.25) is 0 Å². The van der Waals surface area contributed by atoms with Crippen molar-refractivity contribution in [2.45, 2.75) is 38.9 Å². The van der Waals surface area contributed by atoms with Gasteiger partial charge in [-0.05, 0) is 45.8 Å². The lowest BCUT2D eigenvalue weighted by molar-refractivity contribution is 0.00578. The monoisotopic (exact) mass is 277 g/mol. The summed E-state index contributed by atoms with van der Waals surface area (Å²) in [4.78, 5) is 4.05. The van der Waals surface area contributed by atoms with Crippen molar-refractivity contribution in [2.75, 3.05) is 0 Å². The second kappa shape index (κ2) is 4.43. The van der Waals surface area contributed by atoms with E-state index >= 15 is 0 Å². The Hall–Kier alpha value is -1.66. The Morgan fingerprint density at radius 2 is 1.90 bits per heavy atom. The van der Waals surface area contributed by atoms with Crippen LogP contribution in [0.4, 0.5) is 0 Å². The van der Waals surface area contributed by atoms with Crippen molar-refractivity contribution < 1.29 is 17.5 Å². The van der Waals surface area contributed by atoms with Crippen molar-refractivity contribution in [1.29, 1.82) is 0 Å². The summed E-state index contributed by atoms with van der Waals surface area (Å²) < 4.78 is 60.0. The smallest absolute Gasteiger partial charge is 0.398 e. The molecule has 1 aliphatic rings. The van der Waals surface area contributed by atoms with E-state index < -0.39 is 48.9 Å². The number of aromatic nitrogens is 3. The zero-order valence-electron chi connectivity index (χ0n) is 17.7. The number of hydrogen-bond acceptors (Lipinski definition) is 4. The summed E-state index contributed by atoms with van der Waals surface area (Å²) >= 11 is 0. The van der Waals surface area contributed by atoms with Gasteiger partial charge in [0.25, 0.3) is 0 Å². The van der Waals surface area contributed by atoms with Gasteiger partial charge in [0.05, 0.1) is 36.9 Å². The number of hydrogen-bond donors (Lipinski definition) is 0. The summed E-state index contributed by atoms with van der Waals surface area (Å²) in [5.74, 6) is 0. The molecule has 2 aromatic rings. The Bertz CT molecular complexity index is 886. The first-order valence-electron chi connectivity index (χ1n) is 9.24. The zero-order valence-corrected chi connectivity index (χ0v) is 11.7. The molecular weight excluding hydrogens is 253 g/mol. The summed E-state index contributed by atoms with van der Waals surface area (Å²) in [6.07, 6.45) is -1.30. The van der Waals surface area contributed by atoms with Crippen LogP contribution in [0.3, 0.4) is 0 Å². The zero-order chi connectivity index (χ0) is 19.6. The first kappa shape index (κ1) is 7.95. The van der Waals surface area contributed by atoms with Gasteiger partial charge in [0.1, 0.15) is 0 Å². The van der Waals surface area contributed by atoms with E-state index in [0.717, 1.165) is 4.68 Å². The molecule has 104 valence electrons. The molecule has 0 N–H and O–H groups in total. The van der Waals surface area contributed by atoms with Gasteiger partial charge in [-0.25, -0.2) is 4.68 Å². The predicted octanol–water partition coefficient (Wildman–Crippen LogP) is 1.57. The molecule has 0 unspecified atom stereocenters. The lowest BCUT2D eigenvalue weighted by atomic mass is 9.84. The third kappa shape index (κ3) is 2.15. The van der Waals surface area contributed by atoms with Crippen LogP contribution in [0.5, 0.6) is 0 Å². The fourth-order valence-electron chi connectivity index (χ4n) is 1.74. The van der Waals surface area contributed by atoms with Crippen molar-refractivity contribution in [1.82, 2.24) is 14.8 Å². The highest BCUT2D eigenvalue weighted by molar-refractivity contribution is 6.61. The highest BCUT2D eigenvalue weighted by Gasteiger charge is 2.52. The van der Waals surface area contributed by atoms with Crippen LogP contribution in [0.15, 0.2) is 36.6 Å². The van der Waals surface area contributed by atoms with Crippen LogP contribution < -0.4 is 5.59 Å². The minimum atomic E-state index is -0.999. The van der Waals surface area contributed by atoms with Crippen molar-refractivity contribution in [3.8, 4) is 5.69 Å². The van der Waals surface area contributed by atoms with Crippen molar-refractivity contribution >= 4 is 12.7 Å². The summed E-state index contributed by atoms with van der Waals surface area (Å²) in [6, 6.07) is -1.14. The molecule has 0 aliphatic carbocycles. The molecule has 3 heterocycles. The van der Waals surface area contributed by atoms with E-state index in [4.69, 9.17) is 17.5 Å². The van der Waals surface area contributed by atoms with Crippen LogP contribution in [-0.4, -0.2) is 33.1 Å². The second-order valence-corrected chi connectivity index (χ2v) is 5.56. The second-order valence-electron chi connectivity index (χ2n) is 5.56. The molecule has 1 fully saturated rings. The molecule has 5 nitrogen and oxygen atoms in total. The van der Waals surface area contributed by atoms with Gasteiger partial charge in [-0.1, -0.05) is 0 Å². The molecule has 0 spiro atoms. The largest absolute Gasteiger partial charge is 0.514 e. The Kier molecular flexibility index (Phi) is 1.76. The third-order valence-electron chi connectivity index (χ3n) is 3.65. The predicted molar refractivity (Wildman–Crippen MR) is 77.1 cm³/mol.